The highest BCUT2D eigenvalue weighted by atomic mass is 16.3. The molecule has 0 aliphatic carbocycles. The van der Waals surface area contributed by atoms with Crippen LogP contribution in [0.1, 0.15) is 33.1 Å². The van der Waals surface area contributed by atoms with E-state index in [9.17, 15) is 9.90 Å². The van der Waals surface area contributed by atoms with E-state index >= 15 is 0 Å². The fourth-order valence-corrected chi connectivity index (χ4v) is 3.78. The summed E-state index contributed by atoms with van der Waals surface area (Å²) in [5, 5.41) is 12.8. The average Bonchev–Trinajstić information content (AvgIpc) is 2.96. The third-order valence-electron chi connectivity index (χ3n) is 5.45. The van der Waals surface area contributed by atoms with Crippen LogP contribution in [-0.2, 0) is 4.79 Å². The van der Waals surface area contributed by atoms with Crippen molar-refractivity contribution in [3.63, 3.8) is 0 Å². The molecule has 0 aromatic rings. The maximum Gasteiger partial charge on any atom is 0.230 e. The number of carbonyl (C=O) groups is 1. The van der Waals surface area contributed by atoms with Gasteiger partial charge in [-0.25, -0.2) is 0 Å². The Bertz CT molecular complexity index is 345. The van der Waals surface area contributed by atoms with Crippen LogP contribution in [0.25, 0.3) is 0 Å². The molecular formula is C16H31N3O2. The van der Waals surface area contributed by atoms with Crippen molar-refractivity contribution in [3.8, 4) is 0 Å². The van der Waals surface area contributed by atoms with Crippen LogP contribution in [0.4, 0.5) is 0 Å². The largest absolute Gasteiger partial charge is 0.395 e. The van der Waals surface area contributed by atoms with Crippen molar-refractivity contribution >= 4 is 5.91 Å². The number of hydrogen-bond acceptors (Lipinski definition) is 4. The van der Waals surface area contributed by atoms with E-state index < -0.39 is 0 Å². The van der Waals surface area contributed by atoms with E-state index in [1.54, 1.807) is 0 Å². The third kappa shape index (κ3) is 3.41. The van der Waals surface area contributed by atoms with Crippen LogP contribution in [0.5, 0.6) is 0 Å². The van der Waals surface area contributed by atoms with Crippen LogP contribution in [-0.4, -0.2) is 73.2 Å². The lowest BCUT2D eigenvalue weighted by Gasteiger charge is -2.43. The number of likely N-dealkylation sites (tertiary alicyclic amines) is 1. The van der Waals surface area contributed by atoms with Gasteiger partial charge in [-0.1, -0.05) is 13.8 Å². The molecule has 2 fully saturated rings. The van der Waals surface area contributed by atoms with Crippen molar-refractivity contribution in [2.75, 3.05) is 46.4 Å². The van der Waals surface area contributed by atoms with Gasteiger partial charge in [0.1, 0.15) is 0 Å². The fourth-order valence-electron chi connectivity index (χ4n) is 3.78. The summed E-state index contributed by atoms with van der Waals surface area (Å²) in [5.74, 6) is 0.582. The van der Waals surface area contributed by atoms with E-state index in [1.165, 1.54) is 0 Å². The molecule has 1 unspecified atom stereocenters. The van der Waals surface area contributed by atoms with Crippen LogP contribution in [0.15, 0.2) is 0 Å². The van der Waals surface area contributed by atoms with E-state index in [-0.39, 0.29) is 24.0 Å². The number of aliphatic hydroxyl groups is 1. The van der Waals surface area contributed by atoms with Crippen LogP contribution in [0.3, 0.4) is 0 Å². The van der Waals surface area contributed by atoms with E-state index in [0.29, 0.717) is 12.5 Å². The molecule has 2 saturated heterocycles. The first-order valence-electron chi connectivity index (χ1n) is 8.32. The monoisotopic (exact) mass is 297 g/mol. The number of aliphatic hydroxyl groups excluding tert-OH is 1. The minimum Gasteiger partial charge on any atom is -0.395 e. The Balaban J connectivity index is 2.14. The van der Waals surface area contributed by atoms with Crippen molar-refractivity contribution < 1.29 is 9.90 Å². The summed E-state index contributed by atoms with van der Waals surface area (Å²) in [4.78, 5) is 17.5. The summed E-state index contributed by atoms with van der Waals surface area (Å²) < 4.78 is 0. The second kappa shape index (κ2) is 7.07. The van der Waals surface area contributed by atoms with E-state index in [2.05, 4.69) is 31.1 Å². The molecule has 2 aliphatic heterocycles. The summed E-state index contributed by atoms with van der Waals surface area (Å²) in [5.41, 5.74) is -0.279. The maximum absolute atomic E-state index is 13.2. The lowest BCUT2D eigenvalue weighted by Crippen LogP contribution is -2.55. The smallest absolute Gasteiger partial charge is 0.230 e. The number of nitrogens with zero attached hydrogens (tertiary/aromatic N) is 2. The number of piperidine rings is 1. The molecule has 0 aromatic heterocycles. The zero-order valence-electron chi connectivity index (χ0n) is 13.8. The van der Waals surface area contributed by atoms with Crippen molar-refractivity contribution in [3.05, 3.63) is 0 Å². The minimum atomic E-state index is -0.279. The van der Waals surface area contributed by atoms with Gasteiger partial charge in [0.2, 0.25) is 5.91 Å². The molecule has 0 radical (unpaired) electrons. The molecule has 1 amide bonds. The predicted octanol–water partition coefficient (Wildman–Crippen LogP) is 0.537. The molecule has 0 aromatic carbocycles. The summed E-state index contributed by atoms with van der Waals surface area (Å²) in [6.45, 7) is 8.59. The van der Waals surface area contributed by atoms with E-state index in [1.807, 2.05) is 4.90 Å². The fraction of sp³-hybridized carbons (Fsp3) is 0.938. The number of carbonyl (C=O) groups excluding carboxylic acids is 1. The molecule has 0 bridgehead atoms. The summed E-state index contributed by atoms with van der Waals surface area (Å²) in [6.07, 6.45) is 2.95. The van der Waals surface area contributed by atoms with Gasteiger partial charge in [-0.05, 0) is 51.9 Å². The number of hydrogen-bond donors (Lipinski definition) is 2. The van der Waals surface area contributed by atoms with E-state index in [4.69, 9.17) is 0 Å². The summed E-state index contributed by atoms with van der Waals surface area (Å²) >= 11 is 0. The van der Waals surface area contributed by atoms with Crippen LogP contribution >= 0.6 is 0 Å². The Labute approximate surface area is 128 Å². The summed E-state index contributed by atoms with van der Waals surface area (Å²) in [6, 6.07) is 0.289. The molecule has 0 spiro atoms. The first-order valence-corrected chi connectivity index (χ1v) is 8.32. The van der Waals surface area contributed by atoms with Crippen molar-refractivity contribution in [2.45, 2.75) is 39.2 Å². The summed E-state index contributed by atoms with van der Waals surface area (Å²) in [7, 11) is 2.13. The second-order valence-corrected chi connectivity index (χ2v) is 6.99. The van der Waals surface area contributed by atoms with Gasteiger partial charge in [-0.15, -0.1) is 0 Å². The van der Waals surface area contributed by atoms with Gasteiger partial charge in [-0.2, -0.15) is 0 Å². The third-order valence-corrected chi connectivity index (χ3v) is 5.45. The predicted molar refractivity (Wildman–Crippen MR) is 84.1 cm³/mol. The molecule has 2 aliphatic rings. The Kier molecular flexibility index (Phi) is 5.63. The van der Waals surface area contributed by atoms with Gasteiger partial charge >= 0.3 is 0 Å². The SMILES string of the molecule is CC(C)C1(C(=O)N(CCO)C2CCN(C)CC2)CCNC1. The van der Waals surface area contributed by atoms with Crippen molar-refractivity contribution in [2.24, 2.45) is 11.3 Å². The molecule has 2 rings (SSSR count). The molecule has 2 N–H and O–H groups in total. The topological polar surface area (TPSA) is 55.8 Å². The zero-order chi connectivity index (χ0) is 15.5. The molecule has 0 saturated carbocycles. The van der Waals surface area contributed by atoms with Crippen LogP contribution in [0, 0.1) is 11.3 Å². The average molecular weight is 297 g/mol. The lowest BCUT2D eigenvalue weighted by molar-refractivity contribution is -0.148. The Morgan fingerprint density at radius 3 is 2.57 bits per heavy atom. The number of nitrogens with one attached hydrogen (secondary N) is 1. The van der Waals surface area contributed by atoms with Gasteiger partial charge in [0.15, 0.2) is 0 Å². The quantitative estimate of drug-likeness (QED) is 0.777. The standard InChI is InChI=1S/C16H31N3O2/c1-13(2)16(6-7-17-12-16)15(21)19(10-11-20)14-4-8-18(3)9-5-14/h13-14,17,20H,4-12H2,1-3H3. The lowest BCUT2D eigenvalue weighted by atomic mass is 9.74. The number of rotatable bonds is 5. The van der Waals surface area contributed by atoms with Gasteiger partial charge < -0.3 is 20.2 Å². The van der Waals surface area contributed by atoms with Gasteiger partial charge in [0.05, 0.1) is 12.0 Å². The molecular weight excluding hydrogens is 266 g/mol. The molecule has 5 heteroatoms. The maximum atomic E-state index is 13.2. The minimum absolute atomic E-state index is 0.0552. The van der Waals surface area contributed by atoms with Gasteiger partial charge in [-0.3, -0.25) is 4.79 Å². The van der Waals surface area contributed by atoms with Crippen LogP contribution in [0.2, 0.25) is 0 Å². The van der Waals surface area contributed by atoms with Crippen molar-refractivity contribution in [1.29, 1.82) is 0 Å². The molecule has 2 heterocycles. The number of amides is 1. The second-order valence-electron chi connectivity index (χ2n) is 6.99. The normalized spacial score (nSPS) is 28.2. The first kappa shape index (κ1) is 16.7. The molecule has 21 heavy (non-hydrogen) atoms. The molecule has 122 valence electrons. The highest BCUT2D eigenvalue weighted by molar-refractivity contribution is 5.84. The molecule has 1 atom stereocenters. The highest BCUT2D eigenvalue weighted by Gasteiger charge is 2.47. The Morgan fingerprint density at radius 2 is 2.10 bits per heavy atom. The highest BCUT2D eigenvalue weighted by Crippen LogP contribution is 2.37. The molecule has 5 nitrogen and oxygen atoms in total. The van der Waals surface area contributed by atoms with Crippen molar-refractivity contribution in [1.82, 2.24) is 15.1 Å². The zero-order valence-corrected chi connectivity index (χ0v) is 13.8. The Hall–Kier alpha value is -0.650. The Morgan fingerprint density at radius 1 is 1.43 bits per heavy atom. The van der Waals surface area contributed by atoms with Crippen LogP contribution < -0.4 is 5.32 Å². The van der Waals surface area contributed by atoms with Gasteiger partial charge in [0.25, 0.3) is 0 Å². The van der Waals surface area contributed by atoms with Gasteiger partial charge in [0, 0.05) is 19.1 Å². The van der Waals surface area contributed by atoms with E-state index in [0.717, 1.165) is 45.4 Å². The first-order chi connectivity index (χ1) is 10.0.